The average Bonchev–Trinajstić information content (AvgIpc) is 3.06. The van der Waals surface area contributed by atoms with Gasteiger partial charge in [0.2, 0.25) is 0 Å². The summed E-state index contributed by atoms with van der Waals surface area (Å²) in [5.41, 5.74) is 7.02. The Labute approximate surface area is 199 Å². The summed E-state index contributed by atoms with van der Waals surface area (Å²) in [5, 5.41) is 9.93. The first-order valence-corrected chi connectivity index (χ1v) is 11.7. The van der Waals surface area contributed by atoms with Crippen molar-refractivity contribution in [2.24, 2.45) is 0 Å². The first-order chi connectivity index (χ1) is 16.1. The molecule has 2 aromatic heterocycles. The van der Waals surface area contributed by atoms with E-state index in [-0.39, 0.29) is 0 Å². The van der Waals surface area contributed by atoms with E-state index in [9.17, 15) is 5.26 Å². The number of hydrogen-bond donors (Lipinski definition) is 0. The molecular weight excluding hydrogens is 430 g/mol. The monoisotopic (exact) mass is 455 g/mol. The third kappa shape index (κ3) is 4.65. The van der Waals surface area contributed by atoms with Crippen LogP contribution in [0.1, 0.15) is 17.7 Å². The lowest BCUT2D eigenvalue weighted by Crippen LogP contribution is -2.29. The van der Waals surface area contributed by atoms with Gasteiger partial charge in [0.15, 0.2) is 0 Å². The van der Waals surface area contributed by atoms with E-state index in [4.69, 9.17) is 16.6 Å². The molecular formula is C27H26ClN5. The van der Waals surface area contributed by atoms with Gasteiger partial charge in [-0.2, -0.15) is 5.26 Å². The lowest BCUT2D eigenvalue weighted by molar-refractivity contribution is 0.266. The maximum absolute atomic E-state index is 9.20. The summed E-state index contributed by atoms with van der Waals surface area (Å²) in [5.74, 6) is 0. The number of halogens is 1. The van der Waals surface area contributed by atoms with Crippen molar-refractivity contribution in [3.63, 3.8) is 0 Å². The number of likely N-dealkylation sites (N-methyl/N-ethyl adjacent to an activating group) is 1. The van der Waals surface area contributed by atoms with Gasteiger partial charge in [-0.1, -0.05) is 35.9 Å². The first kappa shape index (κ1) is 21.7. The Hall–Kier alpha value is -3.17. The highest BCUT2D eigenvalue weighted by Crippen LogP contribution is 2.29. The van der Waals surface area contributed by atoms with Crippen molar-refractivity contribution in [3.05, 3.63) is 83.1 Å². The molecule has 0 aliphatic carbocycles. The highest BCUT2D eigenvalue weighted by Gasteiger charge is 2.19. The molecule has 5 nitrogen and oxygen atoms in total. The smallest absolute Gasteiger partial charge is 0.137 e. The number of benzene rings is 2. The fourth-order valence-electron chi connectivity index (χ4n) is 4.46. The molecule has 3 heterocycles. The van der Waals surface area contributed by atoms with Gasteiger partial charge in [-0.15, -0.1) is 0 Å². The number of pyridine rings is 1. The summed E-state index contributed by atoms with van der Waals surface area (Å²) in [4.78, 5) is 9.93. The van der Waals surface area contributed by atoms with E-state index in [1.165, 1.54) is 5.69 Å². The molecule has 1 fully saturated rings. The molecule has 6 heteroatoms. The highest BCUT2D eigenvalue weighted by molar-refractivity contribution is 6.30. The standard InChI is InChI=1S/C27H26ClN5/c1-31-13-2-14-32(16-15-31)19-25-27(22-5-3-20(17-29)4-6-22)30-26-12-9-23(18-33(25)26)21-7-10-24(28)11-8-21/h3-12,18H,2,13-16,19H2,1H3. The van der Waals surface area contributed by atoms with Crippen LogP contribution in [0.15, 0.2) is 66.9 Å². The lowest BCUT2D eigenvalue weighted by atomic mass is 10.1. The van der Waals surface area contributed by atoms with Gasteiger partial charge in [0, 0.05) is 36.4 Å². The van der Waals surface area contributed by atoms with Crippen LogP contribution in [0.5, 0.6) is 0 Å². The highest BCUT2D eigenvalue weighted by atomic mass is 35.5. The minimum Gasteiger partial charge on any atom is -0.305 e. The van der Waals surface area contributed by atoms with E-state index in [1.54, 1.807) is 0 Å². The summed E-state index contributed by atoms with van der Waals surface area (Å²) >= 11 is 6.10. The molecule has 1 aliphatic heterocycles. The van der Waals surface area contributed by atoms with Crippen LogP contribution in [-0.2, 0) is 6.54 Å². The Kier molecular flexibility index (Phi) is 6.15. The number of rotatable bonds is 4. The van der Waals surface area contributed by atoms with Crippen LogP contribution in [0.2, 0.25) is 5.02 Å². The Bertz CT molecular complexity index is 1300. The summed E-state index contributed by atoms with van der Waals surface area (Å²) in [6, 6.07) is 22.1. The van der Waals surface area contributed by atoms with E-state index in [2.05, 4.69) is 45.6 Å². The van der Waals surface area contributed by atoms with Crippen LogP contribution in [0, 0.1) is 11.3 Å². The van der Waals surface area contributed by atoms with Crippen LogP contribution in [0.25, 0.3) is 28.0 Å². The van der Waals surface area contributed by atoms with Crippen LogP contribution in [-0.4, -0.2) is 52.4 Å². The third-order valence-electron chi connectivity index (χ3n) is 6.37. The average molecular weight is 456 g/mol. The number of hydrogen-bond acceptors (Lipinski definition) is 4. The van der Waals surface area contributed by atoms with Crippen molar-refractivity contribution < 1.29 is 0 Å². The molecule has 0 unspecified atom stereocenters. The predicted octanol–water partition coefficient (Wildman–Crippen LogP) is 5.33. The minimum absolute atomic E-state index is 0.657. The number of nitrogens with zero attached hydrogens (tertiary/aromatic N) is 5. The Morgan fingerprint density at radius 3 is 2.36 bits per heavy atom. The van der Waals surface area contributed by atoms with E-state index >= 15 is 0 Å². The van der Waals surface area contributed by atoms with Crippen molar-refractivity contribution in [1.29, 1.82) is 5.26 Å². The number of imidazole rings is 1. The largest absolute Gasteiger partial charge is 0.305 e. The molecule has 33 heavy (non-hydrogen) atoms. The van der Waals surface area contributed by atoms with Crippen LogP contribution in [0.3, 0.4) is 0 Å². The molecule has 166 valence electrons. The molecule has 0 amide bonds. The zero-order chi connectivity index (χ0) is 22.8. The Balaban J connectivity index is 1.60. The molecule has 0 atom stereocenters. The second-order valence-corrected chi connectivity index (χ2v) is 9.12. The van der Waals surface area contributed by atoms with Gasteiger partial charge in [-0.25, -0.2) is 4.98 Å². The van der Waals surface area contributed by atoms with Gasteiger partial charge < -0.3 is 9.30 Å². The van der Waals surface area contributed by atoms with E-state index in [0.29, 0.717) is 5.56 Å². The van der Waals surface area contributed by atoms with E-state index in [1.807, 2.05) is 48.5 Å². The zero-order valence-electron chi connectivity index (χ0n) is 18.7. The molecule has 0 saturated carbocycles. The summed E-state index contributed by atoms with van der Waals surface area (Å²) in [6.45, 7) is 5.13. The summed E-state index contributed by atoms with van der Waals surface area (Å²) in [7, 11) is 2.19. The van der Waals surface area contributed by atoms with Gasteiger partial charge >= 0.3 is 0 Å². The van der Waals surface area contributed by atoms with Crippen molar-refractivity contribution in [2.45, 2.75) is 13.0 Å². The Morgan fingerprint density at radius 1 is 0.879 bits per heavy atom. The summed E-state index contributed by atoms with van der Waals surface area (Å²) < 4.78 is 2.23. The lowest BCUT2D eigenvalue weighted by Gasteiger charge is -2.21. The molecule has 0 radical (unpaired) electrons. The van der Waals surface area contributed by atoms with Crippen molar-refractivity contribution in [2.75, 3.05) is 33.2 Å². The van der Waals surface area contributed by atoms with E-state index in [0.717, 1.165) is 72.2 Å². The van der Waals surface area contributed by atoms with Gasteiger partial charge in [-0.05, 0) is 74.1 Å². The predicted molar refractivity (Wildman–Crippen MR) is 133 cm³/mol. The topological polar surface area (TPSA) is 47.6 Å². The second kappa shape index (κ2) is 9.36. The number of aromatic nitrogens is 2. The van der Waals surface area contributed by atoms with Gasteiger partial charge in [0.25, 0.3) is 0 Å². The molecule has 0 bridgehead atoms. The van der Waals surface area contributed by atoms with Crippen molar-refractivity contribution in [3.8, 4) is 28.5 Å². The van der Waals surface area contributed by atoms with Gasteiger partial charge in [-0.3, -0.25) is 4.90 Å². The quantitative estimate of drug-likeness (QED) is 0.417. The van der Waals surface area contributed by atoms with Crippen molar-refractivity contribution in [1.82, 2.24) is 19.2 Å². The van der Waals surface area contributed by atoms with E-state index < -0.39 is 0 Å². The SMILES string of the molecule is CN1CCCN(Cc2c(-c3ccc(C#N)cc3)nc3ccc(-c4ccc(Cl)cc4)cn23)CC1. The van der Waals surface area contributed by atoms with Gasteiger partial charge in [0.1, 0.15) is 5.65 Å². The molecule has 1 saturated heterocycles. The maximum Gasteiger partial charge on any atom is 0.137 e. The summed E-state index contributed by atoms with van der Waals surface area (Å²) in [6.07, 6.45) is 3.34. The van der Waals surface area contributed by atoms with Crippen LogP contribution < -0.4 is 0 Å². The zero-order valence-corrected chi connectivity index (χ0v) is 19.5. The Morgan fingerprint density at radius 2 is 1.61 bits per heavy atom. The van der Waals surface area contributed by atoms with Crippen LogP contribution in [0.4, 0.5) is 0 Å². The molecule has 5 rings (SSSR count). The maximum atomic E-state index is 9.20. The molecule has 0 spiro atoms. The molecule has 0 N–H and O–H groups in total. The normalized spacial score (nSPS) is 15.4. The number of fused-ring (bicyclic) bond motifs is 1. The van der Waals surface area contributed by atoms with Crippen LogP contribution >= 0.6 is 11.6 Å². The molecule has 1 aliphatic rings. The fourth-order valence-corrected chi connectivity index (χ4v) is 4.59. The van der Waals surface area contributed by atoms with Gasteiger partial charge in [0.05, 0.1) is 23.0 Å². The third-order valence-corrected chi connectivity index (χ3v) is 6.62. The second-order valence-electron chi connectivity index (χ2n) is 8.68. The first-order valence-electron chi connectivity index (χ1n) is 11.3. The molecule has 2 aromatic carbocycles. The molecule has 4 aromatic rings. The fraction of sp³-hybridized carbons (Fsp3) is 0.259. The number of nitriles is 1. The minimum atomic E-state index is 0.657. The van der Waals surface area contributed by atoms with Crippen molar-refractivity contribution >= 4 is 17.2 Å².